The molecule has 2 aliphatic rings. The molecular weight excluding hydrogens is 343 g/mol. The van der Waals surface area contributed by atoms with Gasteiger partial charge in [0.2, 0.25) is 0 Å². The molecule has 0 aromatic carbocycles. The number of piperidine rings is 1. The van der Waals surface area contributed by atoms with Gasteiger partial charge in [0, 0.05) is 26.3 Å². The molecule has 2 aliphatic heterocycles. The van der Waals surface area contributed by atoms with Crippen LogP contribution in [0.2, 0.25) is 0 Å². The van der Waals surface area contributed by atoms with E-state index < -0.39 is 12.1 Å². The maximum absolute atomic E-state index is 10.6. The summed E-state index contributed by atoms with van der Waals surface area (Å²) < 4.78 is 48.8. The van der Waals surface area contributed by atoms with Crippen molar-refractivity contribution in [3.05, 3.63) is 23.7 Å². The third-order valence-corrected chi connectivity index (χ3v) is 4.34. The Kier molecular flexibility index (Phi) is 6.47. The summed E-state index contributed by atoms with van der Waals surface area (Å²) in [5, 5.41) is 7.12. The monoisotopic (exact) mass is 365 g/mol. The van der Waals surface area contributed by atoms with Gasteiger partial charge in [0.15, 0.2) is 0 Å². The Hall–Kier alpha value is -1.58. The van der Waals surface area contributed by atoms with Crippen molar-refractivity contribution in [2.45, 2.75) is 50.7 Å². The van der Waals surface area contributed by atoms with Gasteiger partial charge in [-0.25, -0.2) is 4.79 Å². The number of ether oxygens (including phenoxy) is 2. The highest BCUT2D eigenvalue weighted by molar-refractivity contribution is 5.73. The van der Waals surface area contributed by atoms with Crippen molar-refractivity contribution in [1.82, 2.24) is 4.90 Å². The van der Waals surface area contributed by atoms with Crippen LogP contribution < -0.4 is 0 Å². The molecule has 9 heteroatoms. The number of nitrogens with zero attached hydrogens (tertiary/aromatic N) is 1. The number of likely N-dealkylation sites (tertiary alicyclic amines) is 1. The fourth-order valence-corrected chi connectivity index (χ4v) is 3.19. The normalized spacial score (nSPS) is 26.7. The number of methoxy groups -OCH3 is 1. The molecular formula is C16H22F3NO5. The van der Waals surface area contributed by atoms with Gasteiger partial charge in [-0.05, 0) is 31.9 Å². The molecule has 2 fully saturated rings. The summed E-state index contributed by atoms with van der Waals surface area (Å²) in [6.07, 6.45) is -2.45. The summed E-state index contributed by atoms with van der Waals surface area (Å²) >= 11 is 0. The lowest BCUT2D eigenvalue weighted by Gasteiger charge is -2.40. The third kappa shape index (κ3) is 5.20. The highest BCUT2D eigenvalue weighted by atomic mass is 19.4. The maximum Gasteiger partial charge on any atom is 0.490 e. The number of aliphatic carboxylic acids is 1. The van der Waals surface area contributed by atoms with E-state index in [2.05, 4.69) is 11.0 Å². The van der Waals surface area contributed by atoms with Crippen LogP contribution in [0, 0.1) is 6.92 Å². The van der Waals surface area contributed by atoms with Gasteiger partial charge < -0.3 is 19.0 Å². The molecule has 0 unspecified atom stereocenters. The van der Waals surface area contributed by atoms with Crippen molar-refractivity contribution < 1.29 is 37.0 Å². The number of carboxylic acids is 1. The average molecular weight is 365 g/mol. The first kappa shape index (κ1) is 19.7. The van der Waals surface area contributed by atoms with Crippen LogP contribution in [0.25, 0.3) is 0 Å². The molecule has 6 nitrogen and oxygen atoms in total. The second-order valence-corrected chi connectivity index (χ2v) is 6.04. The minimum atomic E-state index is -5.08. The van der Waals surface area contributed by atoms with Crippen molar-refractivity contribution in [2.75, 3.05) is 20.3 Å². The van der Waals surface area contributed by atoms with Crippen LogP contribution in [0.1, 0.15) is 24.4 Å². The van der Waals surface area contributed by atoms with Gasteiger partial charge in [-0.15, -0.1) is 0 Å². The van der Waals surface area contributed by atoms with Crippen molar-refractivity contribution in [2.24, 2.45) is 0 Å². The predicted octanol–water partition coefficient (Wildman–Crippen LogP) is 2.60. The third-order valence-electron chi connectivity index (χ3n) is 4.34. The topological polar surface area (TPSA) is 72.1 Å². The van der Waals surface area contributed by atoms with Crippen LogP contribution in [0.3, 0.4) is 0 Å². The minimum absolute atomic E-state index is 0.236. The zero-order valence-electron chi connectivity index (χ0n) is 14.1. The van der Waals surface area contributed by atoms with Gasteiger partial charge in [0.1, 0.15) is 11.5 Å². The quantitative estimate of drug-likeness (QED) is 0.888. The number of carbonyl (C=O) groups is 1. The molecule has 1 aromatic heterocycles. The van der Waals surface area contributed by atoms with Gasteiger partial charge in [0.05, 0.1) is 18.8 Å². The van der Waals surface area contributed by atoms with E-state index in [0.717, 1.165) is 44.1 Å². The highest BCUT2D eigenvalue weighted by Crippen LogP contribution is 2.31. The Morgan fingerprint density at radius 3 is 2.60 bits per heavy atom. The Bertz CT molecular complexity index is 574. The summed E-state index contributed by atoms with van der Waals surface area (Å²) in [7, 11) is 1.79. The van der Waals surface area contributed by atoms with Crippen molar-refractivity contribution >= 4 is 5.97 Å². The van der Waals surface area contributed by atoms with Gasteiger partial charge in [-0.3, -0.25) is 4.90 Å². The first-order valence-electron chi connectivity index (χ1n) is 7.96. The Balaban J connectivity index is 0.000000277. The Labute approximate surface area is 143 Å². The second-order valence-electron chi connectivity index (χ2n) is 6.04. The summed E-state index contributed by atoms with van der Waals surface area (Å²) in [5.41, 5.74) is 0. The summed E-state index contributed by atoms with van der Waals surface area (Å²) in [6, 6.07) is 4.58. The molecule has 3 heterocycles. The molecule has 0 saturated carbocycles. The zero-order chi connectivity index (χ0) is 18.6. The first-order chi connectivity index (χ1) is 11.7. The molecule has 2 saturated heterocycles. The number of carboxylic acid groups (broad SMARTS) is 1. The lowest BCUT2D eigenvalue weighted by molar-refractivity contribution is -0.192. The van der Waals surface area contributed by atoms with Gasteiger partial charge >= 0.3 is 12.1 Å². The van der Waals surface area contributed by atoms with Crippen LogP contribution >= 0.6 is 0 Å². The zero-order valence-corrected chi connectivity index (χ0v) is 14.1. The molecule has 0 aliphatic carbocycles. The molecule has 1 N–H and O–H groups in total. The lowest BCUT2D eigenvalue weighted by atomic mass is 9.95. The van der Waals surface area contributed by atoms with Crippen LogP contribution in [0.5, 0.6) is 0 Å². The number of hydrogen-bond acceptors (Lipinski definition) is 5. The number of aryl methyl sites for hydroxylation is 1. The number of furan rings is 1. The van der Waals surface area contributed by atoms with Gasteiger partial charge in [-0.2, -0.15) is 13.2 Å². The number of rotatable bonds is 3. The Morgan fingerprint density at radius 2 is 2.08 bits per heavy atom. The Morgan fingerprint density at radius 1 is 1.40 bits per heavy atom. The minimum Gasteiger partial charge on any atom is -0.475 e. The van der Waals surface area contributed by atoms with E-state index in [9.17, 15) is 13.2 Å². The first-order valence-corrected chi connectivity index (χ1v) is 7.96. The van der Waals surface area contributed by atoms with Crippen molar-refractivity contribution in [3.8, 4) is 0 Å². The van der Waals surface area contributed by atoms with Crippen molar-refractivity contribution in [3.63, 3.8) is 0 Å². The molecule has 142 valence electrons. The second kappa shape index (κ2) is 8.20. The van der Waals surface area contributed by atoms with Gasteiger partial charge in [0.25, 0.3) is 0 Å². The fourth-order valence-electron chi connectivity index (χ4n) is 3.19. The number of alkyl halides is 3. The van der Waals surface area contributed by atoms with E-state index >= 15 is 0 Å². The highest BCUT2D eigenvalue weighted by Gasteiger charge is 2.42. The standard InChI is InChI=1S/C14H21NO3.C2HF3O2/c1-10-3-4-11(18-10)9-15-7-5-13(16-2)14-12(15)6-8-17-14;3-2(4,5)1(6)7/h3-4,12-14H,5-9H2,1-2H3;(H,6,7)/t12-,13+,14-;/m0./s1. The molecule has 1 aromatic rings. The molecule has 3 atom stereocenters. The van der Waals surface area contributed by atoms with Gasteiger partial charge in [-0.1, -0.05) is 0 Å². The molecule has 0 amide bonds. The average Bonchev–Trinajstić information content (AvgIpc) is 3.16. The van der Waals surface area contributed by atoms with E-state index in [4.69, 9.17) is 23.8 Å². The van der Waals surface area contributed by atoms with Crippen LogP contribution in [0.15, 0.2) is 16.5 Å². The number of halogens is 3. The number of fused-ring (bicyclic) bond motifs is 1. The maximum atomic E-state index is 10.6. The molecule has 3 rings (SSSR count). The molecule has 0 spiro atoms. The van der Waals surface area contributed by atoms with E-state index in [1.54, 1.807) is 7.11 Å². The molecule has 0 radical (unpaired) electrons. The van der Waals surface area contributed by atoms with Crippen LogP contribution in [0.4, 0.5) is 13.2 Å². The largest absolute Gasteiger partial charge is 0.490 e. The van der Waals surface area contributed by atoms with Crippen molar-refractivity contribution in [1.29, 1.82) is 0 Å². The van der Waals surface area contributed by atoms with E-state index in [0.29, 0.717) is 6.04 Å². The summed E-state index contributed by atoms with van der Waals surface area (Å²) in [6.45, 7) is 4.78. The van der Waals surface area contributed by atoms with E-state index in [-0.39, 0.29) is 12.2 Å². The van der Waals surface area contributed by atoms with E-state index in [1.165, 1.54) is 0 Å². The van der Waals surface area contributed by atoms with Crippen LogP contribution in [-0.4, -0.2) is 60.7 Å². The lowest BCUT2D eigenvalue weighted by Crippen LogP contribution is -2.52. The molecule has 0 bridgehead atoms. The smallest absolute Gasteiger partial charge is 0.475 e. The van der Waals surface area contributed by atoms with Crippen LogP contribution in [-0.2, 0) is 20.8 Å². The SMILES string of the molecule is CO[C@@H]1CCN(Cc2ccc(C)o2)[C@H]2CCO[C@H]12.O=C(O)C(F)(F)F. The molecule has 25 heavy (non-hydrogen) atoms. The predicted molar refractivity (Wildman–Crippen MR) is 81.1 cm³/mol. The summed E-state index contributed by atoms with van der Waals surface area (Å²) in [4.78, 5) is 11.4. The van der Waals surface area contributed by atoms with E-state index in [1.807, 2.05) is 13.0 Å². The summed E-state index contributed by atoms with van der Waals surface area (Å²) in [5.74, 6) is -0.725. The number of hydrogen-bond donors (Lipinski definition) is 1. The fraction of sp³-hybridized carbons (Fsp3) is 0.688.